The monoisotopic (exact) mass is 378 g/mol. The number of anilines is 1. The molecule has 1 amide bonds. The van der Waals surface area contributed by atoms with Crippen molar-refractivity contribution >= 4 is 28.8 Å². The molecule has 3 aromatic heterocycles. The van der Waals surface area contributed by atoms with Crippen molar-refractivity contribution in [2.24, 2.45) is 0 Å². The minimum Gasteiger partial charge on any atom is -0.493 e. The van der Waals surface area contributed by atoms with Crippen LogP contribution in [-0.2, 0) is 0 Å². The van der Waals surface area contributed by atoms with Crippen molar-refractivity contribution in [2.75, 3.05) is 12.4 Å². The minimum atomic E-state index is -0.222. The first-order chi connectivity index (χ1) is 13.0. The lowest BCUT2D eigenvalue weighted by Crippen LogP contribution is -2.11. The van der Waals surface area contributed by atoms with E-state index in [0.29, 0.717) is 16.3 Å². The molecule has 0 aliphatic rings. The standard InChI is InChI=1S/C20H18N4O2S/c1-12-4-7-14(8-5-12)15-9-10-16(26-3)18-21-20(23-24(15)18)22-19(25)17-11-6-13(2)27-17/h4-11H,1-3H3,(H,22,23,25). The number of nitrogens with zero attached hydrogens (tertiary/aromatic N) is 3. The Morgan fingerprint density at radius 3 is 2.52 bits per heavy atom. The molecule has 0 unspecified atom stereocenters. The van der Waals surface area contributed by atoms with Crippen molar-refractivity contribution in [1.82, 2.24) is 14.6 Å². The van der Waals surface area contributed by atoms with E-state index in [9.17, 15) is 4.79 Å². The summed E-state index contributed by atoms with van der Waals surface area (Å²) in [5.74, 6) is 0.606. The SMILES string of the molecule is COc1ccc(-c2ccc(C)cc2)n2nc(NC(=O)c3ccc(C)s3)nc12. The first kappa shape index (κ1) is 17.2. The molecule has 4 aromatic rings. The maximum Gasteiger partial charge on any atom is 0.268 e. The van der Waals surface area contributed by atoms with Gasteiger partial charge in [-0.2, -0.15) is 4.98 Å². The van der Waals surface area contributed by atoms with Gasteiger partial charge < -0.3 is 4.74 Å². The number of ether oxygens (including phenoxy) is 1. The van der Waals surface area contributed by atoms with Crippen LogP contribution >= 0.6 is 11.3 Å². The number of methoxy groups -OCH3 is 1. The number of thiophene rings is 1. The second kappa shape index (κ2) is 6.85. The van der Waals surface area contributed by atoms with Gasteiger partial charge in [0, 0.05) is 10.4 Å². The highest BCUT2D eigenvalue weighted by molar-refractivity contribution is 7.14. The number of pyridine rings is 1. The van der Waals surface area contributed by atoms with Gasteiger partial charge in [0.15, 0.2) is 11.4 Å². The Bertz CT molecular complexity index is 1130. The summed E-state index contributed by atoms with van der Waals surface area (Å²) in [5.41, 5.74) is 3.60. The molecule has 0 bridgehead atoms. The Balaban J connectivity index is 1.76. The van der Waals surface area contributed by atoms with Gasteiger partial charge in [-0.15, -0.1) is 16.4 Å². The average molecular weight is 378 g/mol. The second-order valence-electron chi connectivity index (χ2n) is 6.19. The number of carbonyl (C=O) groups is 1. The summed E-state index contributed by atoms with van der Waals surface area (Å²) < 4.78 is 7.10. The van der Waals surface area contributed by atoms with Crippen molar-refractivity contribution in [3.05, 3.63) is 63.8 Å². The molecule has 7 heteroatoms. The van der Waals surface area contributed by atoms with E-state index in [1.54, 1.807) is 17.7 Å². The molecule has 0 saturated heterocycles. The maximum absolute atomic E-state index is 12.4. The Labute approximate surface area is 160 Å². The lowest BCUT2D eigenvalue weighted by molar-refractivity contribution is 0.102. The van der Waals surface area contributed by atoms with Crippen molar-refractivity contribution in [3.63, 3.8) is 0 Å². The molecule has 136 valence electrons. The van der Waals surface area contributed by atoms with Crippen LogP contribution in [0, 0.1) is 13.8 Å². The fraction of sp³-hybridized carbons (Fsp3) is 0.150. The van der Waals surface area contributed by atoms with Crippen LogP contribution in [0.15, 0.2) is 48.5 Å². The highest BCUT2D eigenvalue weighted by Gasteiger charge is 2.16. The molecule has 0 saturated carbocycles. The summed E-state index contributed by atoms with van der Waals surface area (Å²) in [4.78, 5) is 18.6. The zero-order valence-corrected chi connectivity index (χ0v) is 16.0. The van der Waals surface area contributed by atoms with Crippen LogP contribution in [0.2, 0.25) is 0 Å². The van der Waals surface area contributed by atoms with Gasteiger partial charge in [-0.05, 0) is 38.1 Å². The van der Waals surface area contributed by atoms with E-state index in [0.717, 1.165) is 16.1 Å². The van der Waals surface area contributed by atoms with Crippen LogP contribution in [0.25, 0.3) is 16.9 Å². The zero-order valence-electron chi connectivity index (χ0n) is 15.2. The minimum absolute atomic E-state index is 0.222. The van der Waals surface area contributed by atoms with Crippen LogP contribution in [0.3, 0.4) is 0 Å². The lowest BCUT2D eigenvalue weighted by atomic mass is 10.1. The molecule has 4 rings (SSSR count). The van der Waals surface area contributed by atoms with Gasteiger partial charge in [0.05, 0.1) is 17.7 Å². The molecule has 0 fully saturated rings. The first-order valence-corrected chi connectivity index (χ1v) is 9.25. The molecule has 27 heavy (non-hydrogen) atoms. The van der Waals surface area contributed by atoms with Crippen molar-refractivity contribution in [3.8, 4) is 17.0 Å². The number of aryl methyl sites for hydroxylation is 2. The zero-order chi connectivity index (χ0) is 19.0. The van der Waals surface area contributed by atoms with Gasteiger partial charge in [-0.25, -0.2) is 4.52 Å². The van der Waals surface area contributed by atoms with Gasteiger partial charge in [0.2, 0.25) is 5.95 Å². The van der Waals surface area contributed by atoms with Crippen LogP contribution in [0.1, 0.15) is 20.1 Å². The Morgan fingerprint density at radius 1 is 1.07 bits per heavy atom. The molecule has 0 atom stereocenters. The predicted octanol–water partition coefficient (Wildman–Crippen LogP) is 4.34. The van der Waals surface area contributed by atoms with E-state index in [-0.39, 0.29) is 11.9 Å². The molecule has 0 radical (unpaired) electrons. The molecule has 3 heterocycles. The average Bonchev–Trinajstić information content (AvgIpc) is 3.28. The van der Waals surface area contributed by atoms with Crippen LogP contribution in [0.4, 0.5) is 5.95 Å². The van der Waals surface area contributed by atoms with E-state index in [1.807, 2.05) is 56.3 Å². The summed E-state index contributed by atoms with van der Waals surface area (Å²) in [7, 11) is 1.59. The van der Waals surface area contributed by atoms with Gasteiger partial charge in [-0.1, -0.05) is 29.8 Å². The largest absolute Gasteiger partial charge is 0.493 e. The Hall–Kier alpha value is -3.19. The van der Waals surface area contributed by atoms with Gasteiger partial charge in [0.1, 0.15) is 0 Å². The van der Waals surface area contributed by atoms with Crippen LogP contribution in [-0.4, -0.2) is 27.6 Å². The molecular weight excluding hydrogens is 360 g/mol. The van der Waals surface area contributed by atoms with E-state index in [2.05, 4.69) is 15.4 Å². The molecule has 6 nitrogen and oxygen atoms in total. The normalized spacial score (nSPS) is 10.9. The van der Waals surface area contributed by atoms with Crippen molar-refractivity contribution < 1.29 is 9.53 Å². The number of hydrogen-bond acceptors (Lipinski definition) is 5. The molecule has 0 aliphatic carbocycles. The number of rotatable bonds is 4. The summed E-state index contributed by atoms with van der Waals surface area (Å²) in [6, 6.07) is 15.6. The first-order valence-electron chi connectivity index (χ1n) is 8.44. The molecule has 1 aromatic carbocycles. The summed E-state index contributed by atoms with van der Waals surface area (Å²) >= 11 is 1.43. The van der Waals surface area contributed by atoms with E-state index < -0.39 is 0 Å². The third-order valence-electron chi connectivity index (χ3n) is 4.21. The highest BCUT2D eigenvalue weighted by Crippen LogP contribution is 2.27. The number of fused-ring (bicyclic) bond motifs is 1. The van der Waals surface area contributed by atoms with Gasteiger partial charge in [-0.3, -0.25) is 10.1 Å². The van der Waals surface area contributed by atoms with Crippen LogP contribution in [0.5, 0.6) is 5.75 Å². The number of amides is 1. The lowest BCUT2D eigenvalue weighted by Gasteiger charge is -2.07. The maximum atomic E-state index is 12.4. The van der Waals surface area contributed by atoms with Gasteiger partial charge >= 0.3 is 0 Å². The number of hydrogen-bond donors (Lipinski definition) is 1. The van der Waals surface area contributed by atoms with E-state index in [1.165, 1.54) is 16.9 Å². The van der Waals surface area contributed by atoms with E-state index in [4.69, 9.17) is 4.74 Å². The third kappa shape index (κ3) is 3.29. The van der Waals surface area contributed by atoms with Crippen LogP contribution < -0.4 is 10.1 Å². The fourth-order valence-corrected chi connectivity index (χ4v) is 3.58. The Kier molecular flexibility index (Phi) is 4.37. The smallest absolute Gasteiger partial charge is 0.268 e. The molecule has 1 N–H and O–H groups in total. The summed E-state index contributed by atoms with van der Waals surface area (Å²) in [5, 5.41) is 7.26. The quantitative estimate of drug-likeness (QED) is 0.574. The molecular formula is C20H18N4O2S. The molecule has 0 spiro atoms. The number of benzene rings is 1. The number of aromatic nitrogens is 3. The van der Waals surface area contributed by atoms with E-state index >= 15 is 0 Å². The predicted molar refractivity (Wildman–Crippen MR) is 107 cm³/mol. The van der Waals surface area contributed by atoms with Crippen molar-refractivity contribution in [1.29, 1.82) is 0 Å². The fourth-order valence-electron chi connectivity index (χ4n) is 2.81. The second-order valence-corrected chi connectivity index (χ2v) is 7.48. The third-order valence-corrected chi connectivity index (χ3v) is 5.20. The Morgan fingerprint density at radius 2 is 1.85 bits per heavy atom. The molecule has 0 aliphatic heterocycles. The topological polar surface area (TPSA) is 68.5 Å². The number of carbonyl (C=O) groups excluding carboxylic acids is 1. The summed E-state index contributed by atoms with van der Waals surface area (Å²) in [6.45, 7) is 4.01. The van der Waals surface area contributed by atoms with Gasteiger partial charge in [0.25, 0.3) is 5.91 Å². The van der Waals surface area contributed by atoms with Crippen molar-refractivity contribution in [2.45, 2.75) is 13.8 Å². The number of nitrogens with one attached hydrogen (secondary N) is 1. The highest BCUT2D eigenvalue weighted by atomic mass is 32.1. The summed E-state index contributed by atoms with van der Waals surface area (Å²) in [6.07, 6.45) is 0.